The van der Waals surface area contributed by atoms with Gasteiger partial charge in [0.15, 0.2) is 9.84 Å². The molecule has 0 radical (unpaired) electrons. The lowest BCUT2D eigenvalue weighted by molar-refractivity contribution is 0.166. The molecule has 3 rings (SSSR count). The highest BCUT2D eigenvalue weighted by molar-refractivity contribution is 7.92. The van der Waals surface area contributed by atoms with Gasteiger partial charge in [0.1, 0.15) is 0 Å². The molecule has 1 aliphatic rings. The summed E-state index contributed by atoms with van der Waals surface area (Å²) >= 11 is 17.1. The van der Waals surface area contributed by atoms with E-state index < -0.39 is 26.4 Å². The van der Waals surface area contributed by atoms with Crippen molar-refractivity contribution in [3.05, 3.63) is 64.1 Å². The third-order valence-electron chi connectivity index (χ3n) is 4.80. The van der Waals surface area contributed by atoms with Gasteiger partial charge in [0.05, 0.1) is 27.2 Å². The number of methoxy groups -OCH3 is 1. The summed E-state index contributed by atoms with van der Waals surface area (Å²) in [5.41, 5.74) is 5.85. The topological polar surface area (TPSA) is 69.4 Å². The van der Waals surface area contributed by atoms with Gasteiger partial charge < -0.3 is 10.5 Å². The molecule has 1 fully saturated rings. The fourth-order valence-corrected chi connectivity index (χ4v) is 6.57. The SMILES string of the molecule is COC[C@@]1(C(N)=S)[C@H](c2ccc(Cl)cc2)[C@@H]1S(=O)(=O)c1ccc(Cl)cc1. The Bertz CT molecular complexity index is 930. The minimum atomic E-state index is -3.70. The minimum absolute atomic E-state index is 0.118. The van der Waals surface area contributed by atoms with Crippen LogP contribution < -0.4 is 5.73 Å². The van der Waals surface area contributed by atoms with Crippen LogP contribution >= 0.6 is 35.4 Å². The Morgan fingerprint density at radius 2 is 1.62 bits per heavy atom. The fourth-order valence-electron chi connectivity index (χ4n) is 3.55. The van der Waals surface area contributed by atoms with E-state index in [0.29, 0.717) is 10.0 Å². The largest absolute Gasteiger partial charge is 0.393 e. The molecule has 2 N–H and O–H groups in total. The minimum Gasteiger partial charge on any atom is -0.393 e. The van der Waals surface area contributed by atoms with Crippen LogP contribution in [0.1, 0.15) is 11.5 Å². The van der Waals surface area contributed by atoms with Gasteiger partial charge in [-0.3, -0.25) is 0 Å². The van der Waals surface area contributed by atoms with E-state index in [1.165, 1.54) is 19.2 Å². The van der Waals surface area contributed by atoms with Crippen molar-refractivity contribution in [1.29, 1.82) is 0 Å². The lowest BCUT2D eigenvalue weighted by atomic mass is 10.00. The zero-order chi connectivity index (χ0) is 19.1. The summed E-state index contributed by atoms with van der Waals surface area (Å²) in [6.45, 7) is 0.118. The highest BCUT2D eigenvalue weighted by atomic mass is 35.5. The van der Waals surface area contributed by atoms with Gasteiger partial charge in [0.2, 0.25) is 0 Å². The first-order valence-electron chi connectivity index (χ1n) is 7.79. The third kappa shape index (κ3) is 3.14. The predicted molar refractivity (Wildman–Crippen MR) is 108 cm³/mol. The van der Waals surface area contributed by atoms with Gasteiger partial charge in [-0.05, 0) is 42.0 Å². The molecule has 1 saturated carbocycles. The number of nitrogens with two attached hydrogens (primary N) is 1. The molecule has 8 heteroatoms. The maximum Gasteiger partial charge on any atom is 0.182 e. The van der Waals surface area contributed by atoms with E-state index in [4.69, 9.17) is 45.9 Å². The number of hydrogen-bond donors (Lipinski definition) is 1. The first-order valence-corrected chi connectivity index (χ1v) is 10.5. The molecule has 0 aromatic heterocycles. The number of halogens is 2. The van der Waals surface area contributed by atoms with Gasteiger partial charge in [-0.2, -0.15) is 0 Å². The molecule has 0 heterocycles. The number of sulfone groups is 1. The first kappa shape index (κ1) is 19.6. The fraction of sp³-hybridized carbons (Fsp3) is 0.278. The second-order valence-electron chi connectivity index (χ2n) is 6.29. The van der Waals surface area contributed by atoms with Gasteiger partial charge in [-0.1, -0.05) is 47.6 Å². The number of benzene rings is 2. The molecule has 0 spiro atoms. The normalized spacial score (nSPS) is 25.0. The van der Waals surface area contributed by atoms with Crippen molar-refractivity contribution in [2.75, 3.05) is 13.7 Å². The van der Waals surface area contributed by atoms with Crippen molar-refractivity contribution >= 4 is 50.2 Å². The van der Waals surface area contributed by atoms with E-state index in [2.05, 4.69) is 0 Å². The molecule has 138 valence electrons. The molecule has 0 saturated heterocycles. The number of thiocarbonyl (C=S) groups is 1. The van der Waals surface area contributed by atoms with Gasteiger partial charge in [-0.25, -0.2) is 8.42 Å². The molecule has 26 heavy (non-hydrogen) atoms. The zero-order valence-corrected chi connectivity index (χ0v) is 17.0. The standard InChI is InChI=1S/C18H17Cl2NO3S2/c1-24-10-18(17(21)25)15(11-2-4-12(19)5-3-11)16(18)26(22,23)14-8-6-13(20)7-9-14/h2-9,15-16H,10H2,1H3,(H2,21,25)/t15-,16+,18-/m1/s1. The lowest BCUT2D eigenvalue weighted by Crippen LogP contribution is -2.33. The Balaban J connectivity index is 2.11. The first-order chi connectivity index (χ1) is 12.2. The van der Waals surface area contributed by atoms with Gasteiger partial charge >= 0.3 is 0 Å². The van der Waals surface area contributed by atoms with Crippen molar-refractivity contribution in [3.63, 3.8) is 0 Å². The van der Waals surface area contributed by atoms with Crippen molar-refractivity contribution in [2.24, 2.45) is 11.1 Å². The molecule has 1 aliphatic carbocycles. The average molecular weight is 430 g/mol. The number of rotatable bonds is 6. The summed E-state index contributed by atoms with van der Waals surface area (Å²) in [4.78, 5) is 0.307. The van der Waals surface area contributed by atoms with Crippen LogP contribution in [0.5, 0.6) is 0 Å². The molecule has 0 amide bonds. The molecular formula is C18H17Cl2NO3S2. The van der Waals surface area contributed by atoms with E-state index >= 15 is 0 Å². The second-order valence-corrected chi connectivity index (χ2v) is 9.67. The van der Waals surface area contributed by atoms with Crippen LogP contribution in [0.25, 0.3) is 0 Å². The molecular weight excluding hydrogens is 413 g/mol. The number of hydrogen-bond acceptors (Lipinski definition) is 4. The monoisotopic (exact) mass is 429 g/mol. The number of ether oxygens (including phenoxy) is 1. The average Bonchev–Trinajstić information content (AvgIpc) is 3.27. The molecule has 2 aromatic rings. The molecule has 3 atom stereocenters. The molecule has 0 aliphatic heterocycles. The summed E-state index contributed by atoms with van der Waals surface area (Å²) in [5.74, 6) is -0.405. The van der Waals surface area contributed by atoms with Gasteiger partial charge in [0.25, 0.3) is 0 Å². The third-order valence-corrected chi connectivity index (χ3v) is 7.98. The van der Waals surface area contributed by atoms with E-state index in [1.54, 1.807) is 36.4 Å². The summed E-state index contributed by atoms with van der Waals surface area (Å²) in [5, 5.41) is 0.223. The van der Waals surface area contributed by atoms with Gasteiger partial charge in [-0.15, -0.1) is 0 Å². The van der Waals surface area contributed by atoms with Crippen LogP contribution in [0.15, 0.2) is 53.4 Å². The van der Waals surface area contributed by atoms with E-state index in [-0.39, 0.29) is 16.5 Å². The van der Waals surface area contributed by atoms with Crippen LogP contribution in [0.3, 0.4) is 0 Å². The Morgan fingerprint density at radius 3 is 2.08 bits per heavy atom. The van der Waals surface area contributed by atoms with Crippen LogP contribution in [0, 0.1) is 5.41 Å². The Morgan fingerprint density at radius 1 is 1.12 bits per heavy atom. The molecule has 0 unspecified atom stereocenters. The quantitative estimate of drug-likeness (QED) is 0.705. The molecule has 0 bridgehead atoms. The van der Waals surface area contributed by atoms with Crippen molar-refractivity contribution in [3.8, 4) is 0 Å². The van der Waals surface area contributed by atoms with Crippen molar-refractivity contribution < 1.29 is 13.2 Å². The Labute approximate surface area is 168 Å². The zero-order valence-electron chi connectivity index (χ0n) is 13.9. The van der Waals surface area contributed by atoms with E-state index in [9.17, 15) is 8.42 Å². The summed E-state index contributed by atoms with van der Waals surface area (Å²) in [6.07, 6.45) is 0. The Kier molecular flexibility index (Phi) is 5.34. The van der Waals surface area contributed by atoms with Crippen molar-refractivity contribution in [1.82, 2.24) is 0 Å². The smallest absolute Gasteiger partial charge is 0.182 e. The Hall–Kier alpha value is -1.18. The second kappa shape index (κ2) is 7.09. The molecule has 2 aromatic carbocycles. The summed E-state index contributed by atoms with van der Waals surface area (Å²) in [6, 6.07) is 13.1. The van der Waals surface area contributed by atoms with Gasteiger partial charge in [0, 0.05) is 23.1 Å². The van der Waals surface area contributed by atoms with Crippen LogP contribution in [-0.2, 0) is 14.6 Å². The lowest BCUT2D eigenvalue weighted by Gasteiger charge is -2.16. The summed E-state index contributed by atoms with van der Waals surface area (Å²) < 4.78 is 31.9. The van der Waals surface area contributed by atoms with Crippen LogP contribution in [-0.4, -0.2) is 32.4 Å². The van der Waals surface area contributed by atoms with E-state index in [1.807, 2.05) is 0 Å². The van der Waals surface area contributed by atoms with Crippen LogP contribution in [0.2, 0.25) is 10.0 Å². The maximum atomic E-state index is 13.3. The van der Waals surface area contributed by atoms with Crippen LogP contribution in [0.4, 0.5) is 0 Å². The maximum absolute atomic E-state index is 13.3. The highest BCUT2D eigenvalue weighted by Crippen LogP contribution is 2.64. The van der Waals surface area contributed by atoms with Crippen molar-refractivity contribution in [2.45, 2.75) is 16.1 Å². The predicted octanol–water partition coefficient (Wildman–Crippen LogP) is 3.85. The highest BCUT2D eigenvalue weighted by Gasteiger charge is 2.73. The van der Waals surface area contributed by atoms with E-state index in [0.717, 1.165) is 5.56 Å². The molecule has 4 nitrogen and oxygen atoms in total. The summed E-state index contributed by atoms with van der Waals surface area (Å²) in [7, 11) is -2.20.